The number of hydrogen-bond acceptors (Lipinski definition) is 2. The summed E-state index contributed by atoms with van der Waals surface area (Å²) < 4.78 is 0. The molecule has 0 aliphatic carbocycles. The maximum Gasteiger partial charge on any atom is 0.325 e. The van der Waals surface area contributed by atoms with Crippen molar-refractivity contribution < 1.29 is 9.90 Å². The van der Waals surface area contributed by atoms with Gasteiger partial charge in [-0.1, -0.05) is 60.2 Å². The maximum absolute atomic E-state index is 11.4. The minimum atomic E-state index is -0.860. The Bertz CT molecular complexity index is 552. The summed E-state index contributed by atoms with van der Waals surface area (Å²) in [6.45, 7) is 2.49. The number of nitrogens with one attached hydrogen (secondary N) is 1. The zero-order valence-corrected chi connectivity index (χ0v) is 10.8. The smallest absolute Gasteiger partial charge is 0.325 e. The van der Waals surface area contributed by atoms with E-state index in [1.165, 1.54) is 0 Å². The number of hydrogen-bond donors (Lipinski definition) is 2. The van der Waals surface area contributed by atoms with Crippen LogP contribution >= 0.6 is 0 Å². The van der Waals surface area contributed by atoms with Crippen LogP contribution in [-0.4, -0.2) is 11.1 Å². The van der Waals surface area contributed by atoms with Gasteiger partial charge >= 0.3 is 5.97 Å². The summed E-state index contributed by atoms with van der Waals surface area (Å²) >= 11 is 0. The van der Waals surface area contributed by atoms with Crippen LogP contribution in [0.25, 0.3) is 0 Å². The molecule has 0 heterocycles. The van der Waals surface area contributed by atoms with Crippen molar-refractivity contribution in [3.05, 3.63) is 71.3 Å². The van der Waals surface area contributed by atoms with Crippen molar-refractivity contribution in [1.82, 2.24) is 5.32 Å². The Morgan fingerprint density at radius 1 is 1.16 bits per heavy atom. The highest BCUT2D eigenvalue weighted by Crippen LogP contribution is 2.15. The summed E-state index contributed by atoms with van der Waals surface area (Å²) in [4.78, 5) is 11.4. The maximum atomic E-state index is 11.4. The molecule has 98 valence electrons. The largest absolute Gasteiger partial charge is 0.480 e. The first-order valence-corrected chi connectivity index (χ1v) is 6.23. The molecule has 19 heavy (non-hydrogen) atoms. The fourth-order valence-electron chi connectivity index (χ4n) is 2.01. The highest BCUT2D eigenvalue weighted by molar-refractivity contribution is 5.75. The van der Waals surface area contributed by atoms with E-state index < -0.39 is 12.0 Å². The molecular formula is C16H17NO2. The number of aliphatic carboxylic acids is 1. The summed E-state index contributed by atoms with van der Waals surface area (Å²) in [5.41, 5.74) is 2.91. The SMILES string of the molecule is Cc1cccc([C@H](NCc2ccccc2)C(=O)O)c1. The molecule has 2 aromatic carbocycles. The molecule has 0 spiro atoms. The second-order valence-electron chi connectivity index (χ2n) is 4.55. The Morgan fingerprint density at radius 2 is 1.89 bits per heavy atom. The van der Waals surface area contributed by atoms with Crippen molar-refractivity contribution in [2.75, 3.05) is 0 Å². The summed E-state index contributed by atoms with van der Waals surface area (Å²) in [5, 5.41) is 12.4. The number of carboxylic acid groups (broad SMARTS) is 1. The van der Waals surface area contributed by atoms with Crippen LogP contribution in [0.4, 0.5) is 0 Å². The van der Waals surface area contributed by atoms with Crippen LogP contribution in [-0.2, 0) is 11.3 Å². The van der Waals surface area contributed by atoms with Gasteiger partial charge in [0.25, 0.3) is 0 Å². The zero-order chi connectivity index (χ0) is 13.7. The van der Waals surface area contributed by atoms with E-state index in [0.29, 0.717) is 6.54 Å². The van der Waals surface area contributed by atoms with E-state index in [9.17, 15) is 9.90 Å². The Kier molecular flexibility index (Phi) is 4.31. The van der Waals surface area contributed by atoms with E-state index in [2.05, 4.69) is 5.32 Å². The first kappa shape index (κ1) is 13.3. The van der Waals surface area contributed by atoms with Crippen LogP contribution in [0.15, 0.2) is 54.6 Å². The van der Waals surface area contributed by atoms with Crippen LogP contribution in [0.5, 0.6) is 0 Å². The third kappa shape index (κ3) is 3.66. The minimum absolute atomic E-state index is 0.533. The van der Waals surface area contributed by atoms with Crippen LogP contribution in [0.1, 0.15) is 22.7 Å². The molecule has 0 saturated carbocycles. The van der Waals surface area contributed by atoms with Crippen LogP contribution in [0.2, 0.25) is 0 Å². The number of rotatable bonds is 5. The van der Waals surface area contributed by atoms with Crippen LogP contribution < -0.4 is 5.32 Å². The third-order valence-electron chi connectivity index (χ3n) is 2.98. The van der Waals surface area contributed by atoms with E-state index >= 15 is 0 Å². The van der Waals surface area contributed by atoms with Gasteiger partial charge in [-0.3, -0.25) is 10.1 Å². The fraction of sp³-hybridized carbons (Fsp3) is 0.188. The Hall–Kier alpha value is -2.13. The normalized spacial score (nSPS) is 12.1. The summed E-state index contributed by atoms with van der Waals surface area (Å²) in [6.07, 6.45) is 0. The van der Waals surface area contributed by atoms with E-state index in [0.717, 1.165) is 16.7 Å². The average Bonchev–Trinajstić information content (AvgIpc) is 2.40. The molecule has 1 atom stereocenters. The Labute approximate surface area is 112 Å². The van der Waals surface area contributed by atoms with Crippen LogP contribution in [0.3, 0.4) is 0 Å². The predicted molar refractivity (Wildman–Crippen MR) is 74.8 cm³/mol. The zero-order valence-electron chi connectivity index (χ0n) is 10.8. The molecule has 0 fully saturated rings. The lowest BCUT2D eigenvalue weighted by molar-refractivity contribution is -0.139. The third-order valence-corrected chi connectivity index (χ3v) is 2.98. The quantitative estimate of drug-likeness (QED) is 0.863. The van der Waals surface area contributed by atoms with Crippen molar-refractivity contribution in [1.29, 1.82) is 0 Å². The summed E-state index contributed by atoms with van der Waals surface area (Å²) in [6, 6.07) is 16.7. The van der Waals surface area contributed by atoms with Gasteiger partial charge in [-0.15, -0.1) is 0 Å². The van der Waals surface area contributed by atoms with Gasteiger partial charge < -0.3 is 5.11 Å². The molecule has 0 bridgehead atoms. The number of benzene rings is 2. The van der Waals surface area contributed by atoms with E-state index in [-0.39, 0.29) is 0 Å². The molecule has 3 heteroatoms. The lowest BCUT2D eigenvalue weighted by Gasteiger charge is -2.15. The Morgan fingerprint density at radius 3 is 2.53 bits per heavy atom. The monoisotopic (exact) mass is 255 g/mol. The standard InChI is InChI=1S/C16H17NO2/c1-12-6-5-9-14(10-12)15(16(18)19)17-11-13-7-3-2-4-8-13/h2-10,15,17H,11H2,1H3,(H,18,19)/t15-/m0/s1. The highest BCUT2D eigenvalue weighted by atomic mass is 16.4. The number of aryl methyl sites for hydroxylation is 1. The topological polar surface area (TPSA) is 49.3 Å². The molecule has 0 amide bonds. The van der Waals surface area contributed by atoms with Crippen molar-refractivity contribution >= 4 is 5.97 Å². The van der Waals surface area contributed by atoms with Crippen LogP contribution in [0, 0.1) is 6.92 Å². The van der Waals surface area contributed by atoms with Gasteiger partial charge in [0.2, 0.25) is 0 Å². The molecule has 2 aromatic rings. The number of carboxylic acids is 1. The fourth-order valence-corrected chi connectivity index (χ4v) is 2.01. The van der Waals surface area contributed by atoms with Gasteiger partial charge in [0.1, 0.15) is 6.04 Å². The molecular weight excluding hydrogens is 238 g/mol. The van der Waals surface area contributed by atoms with E-state index in [1.807, 2.05) is 61.5 Å². The van der Waals surface area contributed by atoms with Crippen molar-refractivity contribution in [3.8, 4) is 0 Å². The second kappa shape index (κ2) is 6.16. The molecule has 2 rings (SSSR count). The second-order valence-corrected chi connectivity index (χ2v) is 4.55. The van der Waals surface area contributed by atoms with Crippen molar-refractivity contribution in [2.24, 2.45) is 0 Å². The molecule has 0 aromatic heterocycles. The predicted octanol–water partition coefficient (Wildman–Crippen LogP) is 2.91. The lowest BCUT2D eigenvalue weighted by Crippen LogP contribution is -2.28. The first-order chi connectivity index (χ1) is 9.16. The highest BCUT2D eigenvalue weighted by Gasteiger charge is 2.18. The van der Waals surface area contributed by atoms with Crippen molar-refractivity contribution in [2.45, 2.75) is 19.5 Å². The molecule has 0 radical (unpaired) electrons. The Balaban J connectivity index is 2.11. The van der Waals surface area contributed by atoms with Gasteiger partial charge in [-0.05, 0) is 18.1 Å². The van der Waals surface area contributed by atoms with E-state index in [4.69, 9.17) is 0 Å². The van der Waals surface area contributed by atoms with Gasteiger partial charge in [0, 0.05) is 6.54 Å². The summed E-state index contributed by atoms with van der Waals surface area (Å²) in [7, 11) is 0. The average molecular weight is 255 g/mol. The minimum Gasteiger partial charge on any atom is -0.480 e. The van der Waals surface area contributed by atoms with Gasteiger partial charge in [0.05, 0.1) is 0 Å². The molecule has 0 saturated heterocycles. The molecule has 3 nitrogen and oxygen atoms in total. The molecule has 2 N–H and O–H groups in total. The van der Waals surface area contributed by atoms with Gasteiger partial charge in [-0.2, -0.15) is 0 Å². The van der Waals surface area contributed by atoms with Gasteiger partial charge in [0.15, 0.2) is 0 Å². The summed E-state index contributed by atoms with van der Waals surface area (Å²) in [5.74, 6) is -0.860. The number of carbonyl (C=O) groups is 1. The molecule has 0 unspecified atom stereocenters. The first-order valence-electron chi connectivity index (χ1n) is 6.23. The molecule has 0 aliphatic rings. The van der Waals surface area contributed by atoms with Crippen molar-refractivity contribution in [3.63, 3.8) is 0 Å². The molecule has 0 aliphatic heterocycles. The lowest BCUT2D eigenvalue weighted by atomic mass is 10.0. The van der Waals surface area contributed by atoms with E-state index in [1.54, 1.807) is 0 Å². The van der Waals surface area contributed by atoms with Gasteiger partial charge in [-0.25, -0.2) is 0 Å².